The Hall–Kier alpha value is -0.0800. The van der Waals surface area contributed by atoms with Crippen molar-refractivity contribution in [2.75, 3.05) is 13.1 Å². The Balaban J connectivity index is 1.83. The van der Waals surface area contributed by atoms with E-state index in [0.717, 1.165) is 30.0 Å². The third kappa shape index (κ3) is 3.95. The molecule has 3 unspecified atom stereocenters. The molecule has 1 saturated carbocycles. The first kappa shape index (κ1) is 15.3. The van der Waals surface area contributed by atoms with E-state index in [1.54, 1.807) is 0 Å². The Labute approximate surface area is 120 Å². The van der Waals surface area contributed by atoms with Crippen LogP contribution in [0.15, 0.2) is 0 Å². The average molecular weight is 266 g/mol. The van der Waals surface area contributed by atoms with E-state index in [-0.39, 0.29) is 0 Å². The van der Waals surface area contributed by atoms with E-state index in [2.05, 4.69) is 37.9 Å². The summed E-state index contributed by atoms with van der Waals surface area (Å²) in [5.41, 5.74) is 0. The highest BCUT2D eigenvalue weighted by Gasteiger charge is 2.34. The standard InChI is InChI=1S/C17H34N2/c1-5-10-18-16-6-8-17(9-7-16)19-12-13(2)11-14(3)15(19)4/h13-18H,5-12H2,1-4H3. The van der Waals surface area contributed by atoms with Gasteiger partial charge in [0.05, 0.1) is 0 Å². The third-order valence-electron chi connectivity index (χ3n) is 5.49. The van der Waals surface area contributed by atoms with Gasteiger partial charge >= 0.3 is 0 Å². The number of likely N-dealkylation sites (tertiary alicyclic amines) is 1. The zero-order valence-corrected chi connectivity index (χ0v) is 13.5. The van der Waals surface area contributed by atoms with Crippen LogP contribution in [0.25, 0.3) is 0 Å². The molecule has 19 heavy (non-hydrogen) atoms. The first-order chi connectivity index (χ1) is 9.11. The van der Waals surface area contributed by atoms with E-state index in [0.29, 0.717) is 0 Å². The molecule has 1 heterocycles. The topological polar surface area (TPSA) is 15.3 Å². The first-order valence-corrected chi connectivity index (χ1v) is 8.61. The first-order valence-electron chi connectivity index (χ1n) is 8.61. The molecule has 0 bridgehead atoms. The molecule has 1 saturated heterocycles. The van der Waals surface area contributed by atoms with Gasteiger partial charge in [0.2, 0.25) is 0 Å². The Morgan fingerprint density at radius 2 is 1.74 bits per heavy atom. The lowest BCUT2D eigenvalue weighted by molar-refractivity contribution is 0.0223. The Kier molecular flexibility index (Phi) is 5.70. The molecular formula is C17H34N2. The number of hydrogen-bond acceptors (Lipinski definition) is 2. The molecule has 0 radical (unpaired) electrons. The van der Waals surface area contributed by atoms with Gasteiger partial charge in [-0.2, -0.15) is 0 Å². The fraction of sp³-hybridized carbons (Fsp3) is 1.00. The van der Waals surface area contributed by atoms with E-state index < -0.39 is 0 Å². The molecule has 0 amide bonds. The summed E-state index contributed by atoms with van der Waals surface area (Å²) < 4.78 is 0. The summed E-state index contributed by atoms with van der Waals surface area (Å²) in [6.07, 6.45) is 8.27. The van der Waals surface area contributed by atoms with Crippen molar-refractivity contribution in [3.63, 3.8) is 0 Å². The van der Waals surface area contributed by atoms with Crippen molar-refractivity contribution < 1.29 is 0 Å². The molecule has 112 valence electrons. The minimum Gasteiger partial charge on any atom is -0.314 e. The van der Waals surface area contributed by atoms with Gasteiger partial charge in [0.25, 0.3) is 0 Å². The smallest absolute Gasteiger partial charge is 0.00994 e. The van der Waals surface area contributed by atoms with Crippen LogP contribution in [-0.2, 0) is 0 Å². The van der Waals surface area contributed by atoms with E-state index in [9.17, 15) is 0 Å². The molecule has 1 aliphatic carbocycles. The third-order valence-corrected chi connectivity index (χ3v) is 5.49. The number of nitrogens with zero attached hydrogens (tertiary/aromatic N) is 1. The van der Waals surface area contributed by atoms with Gasteiger partial charge < -0.3 is 5.32 Å². The fourth-order valence-electron chi connectivity index (χ4n) is 4.20. The molecule has 1 aliphatic heterocycles. The molecule has 0 spiro atoms. The van der Waals surface area contributed by atoms with Gasteiger partial charge in [0.1, 0.15) is 0 Å². The monoisotopic (exact) mass is 266 g/mol. The predicted octanol–water partition coefficient (Wildman–Crippen LogP) is 3.66. The lowest BCUT2D eigenvalue weighted by Gasteiger charge is -2.47. The number of rotatable bonds is 4. The summed E-state index contributed by atoms with van der Waals surface area (Å²) in [6, 6.07) is 2.45. The van der Waals surface area contributed by atoms with Gasteiger partial charge in [0, 0.05) is 24.7 Å². The quantitative estimate of drug-likeness (QED) is 0.835. The molecule has 2 rings (SSSR count). The maximum absolute atomic E-state index is 3.70. The Morgan fingerprint density at radius 3 is 2.37 bits per heavy atom. The van der Waals surface area contributed by atoms with E-state index in [1.165, 1.54) is 51.6 Å². The highest BCUT2D eigenvalue weighted by molar-refractivity contribution is 4.90. The second-order valence-corrected chi connectivity index (χ2v) is 7.22. The molecular weight excluding hydrogens is 232 g/mol. The van der Waals surface area contributed by atoms with Crippen molar-refractivity contribution in [2.24, 2.45) is 11.8 Å². The van der Waals surface area contributed by atoms with Gasteiger partial charge in [-0.3, -0.25) is 4.90 Å². The second kappa shape index (κ2) is 7.08. The highest BCUT2D eigenvalue weighted by atomic mass is 15.2. The average Bonchev–Trinajstić information content (AvgIpc) is 2.41. The molecule has 2 nitrogen and oxygen atoms in total. The van der Waals surface area contributed by atoms with Crippen LogP contribution >= 0.6 is 0 Å². The van der Waals surface area contributed by atoms with Crippen LogP contribution in [0, 0.1) is 11.8 Å². The summed E-state index contributed by atoms with van der Waals surface area (Å²) in [5.74, 6) is 1.77. The van der Waals surface area contributed by atoms with E-state index >= 15 is 0 Å². The van der Waals surface area contributed by atoms with Crippen LogP contribution < -0.4 is 5.32 Å². The highest BCUT2D eigenvalue weighted by Crippen LogP contribution is 2.33. The molecule has 0 aromatic heterocycles. The number of piperidine rings is 1. The van der Waals surface area contributed by atoms with Crippen LogP contribution in [0.3, 0.4) is 0 Å². The van der Waals surface area contributed by atoms with Crippen molar-refractivity contribution in [1.82, 2.24) is 10.2 Å². The normalized spacial score (nSPS) is 41.4. The van der Waals surface area contributed by atoms with Crippen molar-refractivity contribution in [3.8, 4) is 0 Å². The summed E-state index contributed by atoms with van der Waals surface area (Å²) in [7, 11) is 0. The lowest BCUT2D eigenvalue weighted by atomic mass is 9.82. The maximum atomic E-state index is 3.70. The molecule has 0 aromatic rings. The zero-order chi connectivity index (χ0) is 13.8. The fourth-order valence-corrected chi connectivity index (χ4v) is 4.20. The number of nitrogens with one attached hydrogen (secondary N) is 1. The van der Waals surface area contributed by atoms with Crippen LogP contribution in [0.2, 0.25) is 0 Å². The summed E-state index contributed by atoms with van der Waals surface area (Å²) in [5, 5.41) is 3.70. The minimum atomic E-state index is 0.793. The zero-order valence-electron chi connectivity index (χ0n) is 13.5. The van der Waals surface area contributed by atoms with Gasteiger partial charge in [-0.1, -0.05) is 20.8 Å². The van der Waals surface area contributed by atoms with Crippen molar-refractivity contribution in [3.05, 3.63) is 0 Å². The number of hydrogen-bond donors (Lipinski definition) is 1. The summed E-state index contributed by atoms with van der Waals surface area (Å²) >= 11 is 0. The molecule has 2 fully saturated rings. The van der Waals surface area contributed by atoms with Crippen molar-refractivity contribution in [2.45, 2.75) is 84.3 Å². The molecule has 2 aliphatic rings. The Bertz CT molecular complexity index is 258. The van der Waals surface area contributed by atoms with Crippen LogP contribution in [-0.4, -0.2) is 36.1 Å². The molecule has 2 heteroatoms. The molecule has 1 N–H and O–H groups in total. The maximum Gasteiger partial charge on any atom is 0.00994 e. The lowest BCUT2D eigenvalue weighted by Crippen LogP contribution is -2.52. The molecule has 3 atom stereocenters. The van der Waals surface area contributed by atoms with Crippen LogP contribution in [0.4, 0.5) is 0 Å². The summed E-state index contributed by atoms with van der Waals surface area (Å²) in [6.45, 7) is 12.1. The largest absolute Gasteiger partial charge is 0.314 e. The van der Waals surface area contributed by atoms with Gasteiger partial charge in [-0.25, -0.2) is 0 Å². The second-order valence-electron chi connectivity index (χ2n) is 7.22. The van der Waals surface area contributed by atoms with E-state index in [1.807, 2.05) is 0 Å². The Morgan fingerprint density at radius 1 is 1.05 bits per heavy atom. The van der Waals surface area contributed by atoms with Crippen LogP contribution in [0.5, 0.6) is 0 Å². The van der Waals surface area contributed by atoms with Crippen molar-refractivity contribution in [1.29, 1.82) is 0 Å². The minimum absolute atomic E-state index is 0.793. The summed E-state index contributed by atoms with van der Waals surface area (Å²) in [4.78, 5) is 2.84. The van der Waals surface area contributed by atoms with Crippen LogP contribution in [0.1, 0.15) is 66.2 Å². The molecule has 0 aromatic carbocycles. The van der Waals surface area contributed by atoms with Gasteiger partial charge in [-0.15, -0.1) is 0 Å². The van der Waals surface area contributed by atoms with Gasteiger partial charge in [-0.05, 0) is 63.8 Å². The van der Waals surface area contributed by atoms with Gasteiger partial charge in [0.15, 0.2) is 0 Å². The van der Waals surface area contributed by atoms with E-state index in [4.69, 9.17) is 0 Å². The predicted molar refractivity (Wildman–Crippen MR) is 83.5 cm³/mol. The SMILES string of the molecule is CCCNC1CCC(N2CC(C)CC(C)C2C)CC1. The van der Waals surface area contributed by atoms with Crippen molar-refractivity contribution >= 4 is 0 Å².